The maximum atomic E-state index is 11.5. The number of aromatic nitrogens is 1. The van der Waals surface area contributed by atoms with Crippen molar-refractivity contribution in [3.05, 3.63) is 65.4 Å². The Morgan fingerprint density at radius 3 is 2.57 bits per heavy atom. The number of aliphatic carboxylic acids is 1. The fraction of sp³-hybridized carbons (Fsp3) is 0.167. The van der Waals surface area contributed by atoms with Gasteiger partial charge in [0.15, 0.2) is 0 Å². The van der Waals surface area contributed by atoms with Crippen molar-refractivity contribution in [3.63, 3.8) is 0 Å². The lowest BCUT2D eigenvalue weighted by atomic mass is 9.90. The van der Waals surface area contributed by atoms with Crippen LogP contribution in [-0.2, 0) is 11.2 Å². The Labute approximate surface area is 132 Å². The SMILES string of the molecule is O=C(O)[C@@H]1Cc2c([nH]c3ccccc23)C(c2ccc(O)cc2)N1. The van der Waals surface area contributed by atoms with Crippen LogP contribution in [0.2, 0.25) is 0 Å². The first-order valence-electron chi connectivity index (χ1n) is 7.51. The van der Waals surface area contributed by atoms with Crippen LogP contribution in [0, 0.1) is 0 Å². The van der Waals surface area contributed by atoms with Gasteiger partial charge in [-0.05, 0) is 29.3 Å². The van der Waals surface area contributed by atoms with Gasteiger partial charge in [0.2, 0.25) is 0 Å². The van der Waals surface area contributed by atoms with E-state index >= 15 is 0 Å². The molecule has 5 heteroatoms. The Morgan fingerprint density at radius 1 is 1.09 bits per heavy atom. The second-order valence-electron chi connectivity index (χ2n) is 5.85. The molecule has 3 aromatic rings. The monoisotopic (exact) mass is 308 g/mol. The number of para-hydroxylation sites is 1. The first-order chi connectivity index (χ1) is 11.1. The molecule has 116 valence electrons. The van der Waals surface area contributed by atoms with Crippen LogP contribution in [0.4, 0.5) is 0 Å². The van der Waals surface area contributed by atoms with E-state index in [1.807, 2.05) is 36.4 Å². The fourth-order valence-electron chi connectivity index (χ4n) is 3.32. The zero-order valence-corrected chi connectivity index (χ0v) is 12.3. The van der Waals surface area contributed by atoms with Crippen molar-refractivity contribution in [2.45, 2.75) is 18.5 Å². The first-order valence-corrected chi connectivity index (χ1v) is 7.51. The van der Waals surface area contributed by atoms with E-state index in [2.05, 4.69) is 10.3 Å². The number of carbonyl (C=O) groups is 1. The maximum absolute atomic E-state index is 11.5. The molecule has 2 heterocycles. The highest BCUT2D eigenvalue weighted by molar-refractivity contribution is 5.87. The summed E-state index contributed by atoms with van der Waals surface area (Å²) < 4.78 is 0. The van der Waals surface area contributed by atoms with Gasteiger partial charge in [-0.3, -0.25) is 10.1 Å². The molecule has 0 spiro atoms. The highest BCUT2D eigenvalue weighted by Crippen LogP contribution is 2.35. The number of H-pyrrole nitrogens is 1. The second-order valence-corrected chi connectivity index (χ2v) is 5.85. The van der Waals surface area contributed by atoms with Crippen LogP contribution in [0.5, 0.6) is 5.75 Å². The molecule has 0 amide bonds. The van der Waals surface area contributed by atoms with Gasteiger partial charge in [-0.1, -0.05) is 30.3 Å². The van der Waals surface area contributed by atoms with E-state index < -0.39 is 12.0 Å². The van der Waals surface area contributed by atoms with Gasteiger partial charge in [-0.15, -0.1) is 0 Å². The molecule has 0 saturated heterocycles. The van der Waals surface area contributed by atoms with Crippen molar-refractivity contribution < 1.29 is 15.0 Å². The van der Waals surface area contributed by atoms with E-state index in [-0.39, 0.29) is 11.8 Å². The minimum atomic E-state index is -0.857. The molecule has 0 aliphatic carbocycles. The molecule has 0 radical (unpaired) electrons. The van der Waals surface area contributed by atoms with Crippen LogP contribution >= 0.6 is 0 Å². The zero-order valence-electron chi connectivity index (χ0n) is 12.3. The van der Waals surface area contributed by atoms with Gasteiger partial charge in [-0.25, -0.2) is 0 Å². The van der Waals surface area contributed by atoms with E-state index in [1.165, 1.54) is 0 Å². The number of rotatable bonds is 2. The molecule has 23 heavy (non-hydrogen) atoms. The minimum absolute atomic E-state index is 0.191. The van der Waals surface area contributed by atoms with Gasteiger partial charge in [0.05, 0.1) is 6.04 Å². The number of nitrogens with one attached hydrogen (secondary N) is 2. The summed E-state index contributed by atoms with van der Waals surface area (Å²) in [6.45, 7) is 0. The lowest BCUT2D eigenvalue weighted by Crippen LogP contribution is -2.44. The van der Waals surface area contributed by atoms with Crippen LogP contribution in [0.15, 0.2) is 48.5 Å². The molecule has 1 aliphatic heterocycles. The molecular weight excluding hydrogens is 292 g/mol. The van der Waals surface area contributed by atoms with Crippen molar-refractivity contribution in [2.24, 2.45) is 0 Å². The van der Waals surface area contributed by atoms with Crippen LogP contribution in [0.1, 0.15) is 22.9 Å². The lowest BCUT2D eigenvalue weighted by molar-refractivity contribution is -0.139. The Bertz CT molecular complexity index is 883. The number of hydrogen-bond acceptors (Lipinski definition) is 3. The van der Waals surface area contributed by atoms with Gasteiger partial charge in [0, 0.05) is 23.0 Å². The lowest BCUT2D eigenvalue weighted by Gasteiger charge is -2.29. The van der Waals surface area contributed by atoms with Crippen LogP contribution in [0.3, 0.4) is 0 Å². The maximum Gasteiger partial charge on any atom is 0.321 e. The molecule has 4 N–H and O–H groups in total. The zero-order chi connectivity index (χ0) is 16.0. The smallest absolute Gasteiger partial charge is 0.321 e. The Hall–Kier alpha value is -2.79. The quantitative estimate of drug-likeness (QED) is 0.586. The molecule has 2 aromatic carbocycles. The van der Waals surface area contributed by atoms with E-state index in [9.17, 15) is 15.0 Å². The Balaban J connectivity index is 1.89. The van der Waals surface area contributed by atoms with Crippen LogP contribution in [0.25, 0.3) is 10.9 Å². The molecule has 1 aliphatic rings. The molecule has 1 aromatic heterocycles. The van der Waals surface area contributed by atoms with Crippen molar-refractivity contribution in [3.8, 4) is 5.75 Å². The van der Waals surface area contributed by atoms with Gasteiger partial charge in [0.25, 0.3) is 0 Å². The summed E-state index contributed by atoms with van der Waals surface area (Å²) in [4.78, 5) is 15.0. The van der Waals surface area contributed by atoms with Gasteiger partial charge in [-0.2, -0.15) is 0 Å². The number of fused-ring (bicyclic) bond motifs is 3. The van der Waals surface area contributed by atoms with Gasteiger partial charge < -0.3 is 15.2 Å². The number of phenols is 1. The van der Waals surface area contributed by atoms with E-state index in [0.717, 1.165) is 27.7 Å². The van der Waals surface area contributed by atoms with Crippen molar-refractivity contribution in [2.75, 3.05) is 0 Å². The number of phenolic OH excluding ortho intramolecular Hbond substituents is 1. The van der Waals surface area contributed by atoms with Crippen molar-refractivity contribution in [1.82, 2.24) is 10.3 Å². The average Bonchev–Trinajstić information content (AvgIpc) is 2.93. The molecule has 5 nitrogen and oxygen atoms in total. The summed E-state index contributed by atoms with van der Waals surface area (Å²) in [5.74, 6) is -0.666. The van der Waals surface area contributed by atoms with Gasteiger partial charge in [0.1, 0.15) is 11.8 Å². The summed E-state index contributed by atoms with van der Waals surface area (Å²) in [7, 11) is 0. The number of aromatic amines is 1. The summed E-state index contributed by atoms with van der Waals surface area (Å²) in [6, 6.07) is 13.9. The molecule has 0 fully saturated rings. The third-order valence-corrected chi connectivity index (χ3v) is 4.44. The molecule has 4 rings (SSSR count). The summed E-state index contributed by atoms with van der Waals surface area (Å²) in [5, 5.41) is 23.2. The fourth-order valence-corrected chi connectivity index (χ4v) is 3.32. The molecule has 1 unspecified atom stereocenters. The predicted molar refractivity (Wildman–Crippen MR) is 86.5 cm³/mol. The van der Waals surface area contributed by atoms with E-state index in [1.54, 1.807) is 12.1 Å². The summed E-state index contributed by atoms with van der Waals surface area (Å²) >= 11 is 0. The summed E-state index contributed by atoms with van der Waals surface area (Å²) in [5.41, 5.74) is 3.97. The van der Waals surface area contributed by atoms with Crippen molar-refractivity contribution in [1.29, 1.82) is 0 Å². The number of aromatic hydroxyl groups is 1. The Morgan fingerprint density at radius 2 is 1.83 bits per heavy atom. The highest BCUT2D eigenvalue weighted by Gasteiger charge is 2.33. The van der Waals surface area contributed by atoms with E-state index in [0.29, 0.717) is 6.42 Å². The predicted octanol–water partition coefficient (Wildman–Crippen LogP) is 2.56. The number of benzene rings is 2. The highest BCUT2D eigenvalue weighted by atomic mass is 16.4. The molecule has 2 atom stereocenters. The number of carboxylic acid groups (broad SMARTS) is 1. The third-order valence-electron chi connectivity index (χ3n) is 4.44. The van der Waals surface area contributed by atoms with Crippen LogP contribution < -0.4 is 5.32 Å². The molecular formula is C18H16N2O3. The minimum Gasteiger partial charge on any atom is -0.508 e. The summed E-state index contributed by atoms with van der Waals surface area (Å²) in [6.07, 6.45) is 0.448. The van der Waals surface area contributed by atoms with Crippen LogP contribution in [-0.4, -0.2) is 27.2 Å². The largest absolute Gasteiger partial charge is 0.508 e. The second kappa shape index (κ2) is 5.14. The standard InChI is InChI=1S/C18H16N2O3/c21-11-7-5-10(6-8-11)16-17-13(9-15(20-16)18(22)23)12-3-1-2-4-14(12)19-17/h1-8,15-16,19-21H,9H2,(H,22,23)/t15-,16?/m0/s1. The average molecular weight is 308 g/mol. The molecule has 0 saturated carbocycles. The Kier molecular flexibility index (Phi) is 3.09. The topological polar surface area (TPSA) is 85.3 Å². The third kappa shape index (κ3) is 2.26. The van der Waals surface area contributed by atoms with Gasteiger partial charge >= 0.3 is 5.97 Å². The van der Waals surface area contributed by atoms with Crippen molar-refractivity contribution >= 4 is 16.9 Å². The normalized spacial score (nSPS) is 20.3. The molecule has 0 bridgehead atoms. The number of hydrogen-bond donors (Lipinski definition) is 4. The van der Waals surface area contributed by atoms with E-state index in [4.69, 9.17) is 0 Å². The first kappa shape index (κ1) is 13.8. The number of carboxylic acids is 1.